The summed E-state index contributed by atoms with van der Waals surface area (Å²) in [5.74, 6) is 0.581. The van der Waals surface area contributed by atoms with E-state index in [2.05, 4.69) is 4.90 Å². The summed E-state index contributed by atoms with van der Waals surface area (Å²) in [5.41, 5.74) is 0.971. The van der Waals surface area contributed by atoms with Crippen molar-refractivity contribution in [2.75, 3.05) is 34.2 Å². The lowest BCUT2D eigenvalue weighted by molar-refractivity contribution is 0.356. The molecule has 3 nitrogen and oxygen atoms in total. The molecule has 82 valence electrons. The highest BCUT2D eigenvalue weighted by Crippen LogP contribution is 2.02. The highest BCUT2D eigenvalue weighted by molar-refractivity contribution is 5.96. The summed E-state index contributed by atoms with van der Waals surface area (Å²) in [7, 11) is 6.04. The van der Waals surface area contributed by atoms with Gasteiger partial charge < -0.3 is 9.80 Å². The lowest BCUT2D eigenvalue weighted by Crippen LogP contribution is -2.33. The van der Waals surface area contributed by atoms with Crippen molar-refractivity contribution in [3.8, 4) is 0 Å². The van der Waals surface area contributed by atoms with E-state index >= 15 is 0 Å². The lowest BCUT2D eigenvalue weighted by atomic mass is 10.2. The van der Waals surface area contributed by atoms with Gasteiger partial charge in [-0.3, -0.25) is 5.41 Å². The standard InChI is InChI=1S/C12H19N3/c1-14(2)9-10-15(3)12(13)11-7-5-4-6-8-11/h4-8,13H,9-10H2,1-3H3. The molecule has 0 aliphatic rings. The summed E-state index contributed by atoms with van der Waals surface area (Å²) in [6.45, 7) is 1.84. The van der Waals surface area contributed by atoms with Crippen LogP contribution in [0.4, 0.5) is 0 Å². The zero-order valence-corrected chi connectivity index (χ0v) is 9.70. The second-order valence-electron chi connectivity index (χ2n) is 3.94. The Morgan fingerprint density at radius 1 is 1.07 bits per heavy atom. The van der Waals surface area contributed by atoms with Gasteiger partial charge >= 0.3 is 0 Å². The van der Waals surface area contributed by atoms with Crippen molar-refractivity contribution in [3.63, 3.8) is 0 Å². The van der Waals surface area contributed by atoms with Crippen LogP contribution in [0.2, 0.25) is 0 Å². The number of rotatable bonds is 4. The van der Waals surface area contributed by atoms with Crippen LogP contribution in [0.25, 0.3) is 0 Å². The zero-order chi connectivity index (χ0) is 11.3. The Balaban J connectivity index is 2.54. The molecule has 3 heteroatoms. The Kier molecular flexibility index (Phi) is 4.31. The van der Waals surface area contributed by atoms with Crippen LogP contribution in [0, 0.1) is 5.41 Å². The van der Waals surface area contributed by atoms with Gasteiger partial charge in [0.15, 0.2) is 0 Å². The average Bonchev–Trinajstić information content (AvgIpc) is 2.26. The van der Waals surface area contributed by atoms with Gasteiger partial charge in [0.25, 0.3) is 0 Å². The van der Waals surface area contributed by atoms with Gasteiger partial charge in [0.1, 0.15) is 5.84 Å². The molecule has 0 aliphatic heterocycles. The summed E-state index contributed by atoms with van der Waals surface area (Å²) in [6, 6.07) is 9.83. The Morgan fingerprint density at radius 2 is 1.67 bits per heavy atom. The summed E-state index contributed by atoms with van der Waals surface area (Å²) in [6.07, 6.45) is 0. The molecule has 0 radical (unpaired) electrons. The minimum Gasteiger partial charge on any atom is -0.358 e. The molecule has 0 heterocycles. The first-order valence-electron chi connectivity index (χ1n) is 5.11. The van der Waals surface area contributed by atoms with Gasteiger partial charge in [-0.25, -0.2) is 0 Å². The van der Waals surface area contributed by atoms with E-state index in [4.69, 9.17) is 5.41 Å². The molecule has 0 fully saturated rings. The molecule has 0 bridgehead atoms. The molecule has 0 aliphatic carbocycles. The molecule has 0 aromatic heterocycles. The smallest absolute Gasteiger partial charge is 0.127 e. The molecule has 0 spiro atoms. The van der Waals surface area contributed by atoms with Crippen molar-refractivity contribution in [1.29, 1.82) is 5.41 Å². The number of likely N-dealkylation sites (N-methyl/N-ethyl adjacent to an activating group) is 2. The predicted molar refractivity (Wildman–Crippen MR) is 64.5 cm³/mol. The van der Waals surface area contributed by atoms with Crippen molar-refractivity contribution in [3.05, 3.63) is 35.9 Å². The van der Waals surface area contributed by atoms with E-state index < -0.39 is 0 Å². The van der Waals surface area contributed by atoms with Crippen LogP contribution in [-0.4, -0.2) is 49.9 Å². The molecular weight excluding hydrogens is 186 g/mol. The fraction of sp³-hybridized carbons (Fsp3) is 0.417. The van der Waals surface area contributed by atoms with Gasteiger partial charge in [0, 0.05) is 25.7 Å². The molecule has 0 saturated carbocycles. The Morgan fingerprint density at radius 3 is 2.20 bits per heavy atom. The largest absolute Gasteiger partial charge is 0.358 e. The molecule has 1 aromatic rings. The third-order valence-electron chi connectivity index (χ3n) is 2.31. The highest BCUT2D eigenvalue weighted by atomic mass is 15.2. The van der Waals surface area contributed by atoms with Crippen molar-refractivity contribution in [1.82, 2.24) is 9.80 Å². The Bertz CT molecular complexity index is 306. The summed E-state index contributed by atoms with van der Waals surface area (Å²) >= 11 is 0. The quantitative estimate of drug-likeness (QED) is 0.596. The summed E-state index contributed by atoms with van der Waals surface area (Å²) in [5, 5.41) is 7.99. The molecule has 1 N–H and O–H groups in total. The third kappa shape index (κ3) is 3.72. The van der Waals surface area contributed by atoms with Crippen LogP contribution in [0.5, 0.6) is 0 Å². The topological polar surface area (TPSA) is 30.3 Å². The van der Waals surface area contributed by atoms with Crippen molar-refractivity contribution in [2.24, 2.45) is 0 Å². The van der Waals surface area contributed by atoms with E-state index in [1.807, 2.05) is 56.4 Å². The van der Waals surface area contributed by atoms with Crippen molar-refractivity contribution < 1.29 is 0 Å². The highest BCUT2D eigenvalue weighted by Gasteiger charge is 2.06. The zero-order valence-electron chi connectivity index (χ0n) is 9.70. The minimum atomic E-state index is 0.581. The van der Waals surface area contributed by atoms with Crippen LogP contribution < -0.4 is 0 Å². The first kappa shape index (κ1) is 11.7. The number of benzene rings is 1. The Hall–Kier alpha value is -1.35. The van der Waals surface area contributed by atoms with Gasteiger partial charge in [0.05, 0.1) is 0 Å². The number of hydrogen-bond donors (Lipinski definition) is 1. The molecule has 1 aromatic carbocycles. The molecule has 0 unspecified atom stereocenters. The van der Waals surface area contributed by atoms with E-state index in [0.717, 1.165) is 18.7 Å². The molecule has 0 atom stereocenters. The molecule has 0 amide bonds. The van der Waals surface area contributed by atoms with Crippen LogP contribution in [-0.2, 0) is 0 Å². The Labute approximate surface area is 91.8 Å². The average molecular weight is 205 g/mol. The number of hydrogen-bond acceptors (Lipinski definition) is 2. The summed E-state index contributed by atoms with van der Waals surface area (Å²) < 4.78 is 0. The molecule has 1 rings (SSSR count). The van der Waals surface area contributed by atoms with Gasteiger partial charge in [-0.15, -0.1) is 0 Å². The molecular formula is C12H19N3. The SMILES string of the molecule is CN(C)CCN(C)C(=N)c1ccccc1. The maximum absolute atomic E-state index is 7.99. The molecule has 15 heavy (non-hydrogen) atoms. The fourth-order valence-corrected chi connectivity index (χ4v) is 1.28. The first-order chi connectivity index (χ1) is 7.11. The normalized spacial score (nSPS) is 10.4. The van der Waals surface area contributed by atoms with E-state index in [9.17, 15) is 0 Å². The van der Waals surface area contributed by atoms with Crippen LogP contribution in [0.15, 0.2) is 30.3 Å². The lowest BCUT2D eigenvalue weighted by Gasteiger charge is -2.22. The van der Waals surface area contributed by atoms with Crippen LogP contribution in [0.3, 0.4) is 0 Å². The second-order valence-corrected chi connectivity index (χ2v) is 3.94. The van der Waals surface area contributed by atoms with Crippen LogP contribution >= 0.6 is 0 Å². The molecule has 0 saturated heterocycles. The number of nitrogens with one attached hydrogen (secondary N) is 1. The van der Waals surface area contributed by atoms with E-state index in [1.54, 1.807) is 0 Å². The van der Waals surface area contributed by atoms with Gasteiger partial charge in [0.2, 0.25) is 0 Å². The number of amidine groups is 1. The van der Waals surface area contributed by atoms with E-state index in [0.29, 0.717) is 5.84 Å². The van der Waals surface area contributed by atoms with Crippen LogP contribution in [0.1, 0.15) is 5.56 Å². The maximum atomic E-state index is 7.99. The van der Waals surface area contributed by atoms with Crippen molar-refractivity contribution >= 4 is 5.84 Å². The number of nitrogens with zero attached hydrogens (tertiary/aromatic N) is 2. The summed E-state index contributed by atoms with van der Waals surface area (Å²) in [4.78, 5) is 4.09. The fourth-order valence-electron chi connectivity index (χ4n) is 1.28. The van der Waals surface area contributed by atoms with Gasteiger partial charge in [-0.2, -0.15) is 0 Å². The van der Waals surface area contributed by atoms with Crippen molar-refractivity contribution in [2.45, 2.75) is 0 Å². The van der Waals surface area contributed by atoms with Gasteiger partial charge in [-0.1, -0.05) is 30.3 Å². The maximum Gasteiger partial charge on any atom is 0.127 e. The van der Waals surface area contributed by atoms with E-state index in [-0.39, 0.29) is 0 Å². The first-order valence-corrected chi connectivity index (χ1v) is 5.11. The second kappa shape index (κ2) is 5.51. The monoisotopic (exact) mass is 205 g/mol. The predicted octanol–water partition coefficient (Wildman–Crippen LogP) is 1.51. The minimum absolute atomic E-state index is 0.581. The van der Waals surface area contributed by atoms with Gasteiger partial charge in [-0.05, 0) is 14.1 Å². The van der Waals surface area contributed by atoms with E-state index in [1.165, 1.54) is 0 Å². The third-order valence-corrected chi connectivity index (χ3v) is 2.31.